The summed E-state index contributed by atoms with van der Waals surface area (Å²) in [5, 5.41) is 0. The Labute approximate surface area is 91.9 Å². The van der Waals surface area contributed by atoms with Gasteiger partial charge >= 0.3 is 0 Å². The summed E-state index contributed by atoms with van der Waals surface area (Å²) in [6.07, 6.45) is 0.194. The molecule has 0 fully saturated rings. The third-order valence-corrected chi connectivity index (χ3v) is 1.77. The van der Waals surface area contributed by atoms with Crippen LogP contribution in [0.1, 0.15) is 32.4 Å². The fourth-order valence-corrected chi connectivity index (χ4v) is 1.22. The lowest BCUT2D eigenvalue weighted by atomic mass is 10.1. The van der Waals surface area contributed by atoms with Crippen LogP contribution in [0.2, 0.25) is 0 Å². The highest BCUT2D eigenvalue weighted by molar-refractivity contribution is 5.85. The minimum atomic E-state index is 0. The highest BCUT2D eigenvalue weighted by Gasteiger charge is 2.07. The number of halogens is 1. The van der Waals surface area contributed by atoms with E-state index in [1.165, 1.54) is 0 Å². The van der Waals surface area contributed by atoms with Crippen LogP contribution in [-0.4, -0.2) is 6.10 Å². The van der Waals surface area contributed by atoms with Crippen LogP contribution in [0, 0.1) is 0 Å². The molecule has 0 spiro atoms. The molecule has 1 aromatic rings. The zero-order chi connectivity index (χ0) is 9.84. The highest BCUT2D eigenvalue weighted by atomic mass is 35.5. The first-order chi connectivity index (χ1) is 6.11. The second-order valence-electron chi connectivity index (χ2n) is 3.49. The van der Waals surface area contributed by atoms with Gasteiger partial charge in [0.25, 0.3) is 0 Å². The topological polar surface area (TPSA) is 35.2 Å². The Balaban J connectivity index is 0.00000169. The SMILES string of the molecule is CC(C)Oc1ccccc1[C@@H](C)N.Cl. The summed E-state index contributed by atoms with van der Waals surface area (Å²) in [6, 6.07) is 7.92. The van der Waals surface area contributed by atoms with Crippen molar-refractivity contribution in [3.63, 3.8) is 0 Å². The van der Waals surface area contributed by atoms with Crippen LogP contribution in [-0.2, 0) is 0 Å². The minimum Gasteiger partial charge on any atom is -0.491 e. The fraction of sp³-hybridized carbons (Fsp3) is 0.455. The number of benzene rings is 1. The van der Waals surface area contributed by atoms with Crippen molar-refractivity contribution in [2.75, 3.05) is 0 Å². The maximum atomic E-state index is 5.81. The first-order valence-corrected chi connectivity index (χ1v) is 4.62. The Hall–Kier alpha value is -0.730. The molecule has 0 aliphatic carbocycles. The van der Waals surface area contributed by atoms with Gasteiger partial charge in [0.1, 0.15) is 5.75 Å². The van der Waals surface area contributed by atoms with Gasteiger partial charge in [0.05, 0.1) is 6.10 Å². The summed E-state index contributed by atoms with van der Waals surface area (Å²) >= 11 is 0. The van der Waals surface area contributed by atoms with E-state index >= 15 is 0 Å². The highest BCUT2D eigenvalue weighted by Crippen LogP contribution is 2.23. The average Bonchev–Trinajstić information content (AvgIpc) is 2.03. The van der Waals surface area contributed by atoms with E-state index in [-0.39, 0.29) is 24.6 Å². The molecule has 0 saturated carbocycles. The minimum absolute atomic E-state index is 0. The van der Waals surface area contributed by atoms with Gasteiger partial charge in [-0.15, -0.1) is 12.4 Å². The smallest absolute Gasteiger partial charge is 0.124 e. The molecule has 2 nitrogen and oxygen atoms in total. The van der Waals surface area contributed by atoms with E-state index in [9.17, 15) is 0 Å². The van der Waals surface area contributed by atoms with E-state index in [2.05, 4.69) is 0 Å². The lowest BCUT2D eigenvalue weighted by Gasteiger charge is -2.15. The molecule has 3 heteroatoms. The van der Waals surface area contributed by atoms with Crippen molar-refractivity contribution >= 4 is 12.4 Å². The predicted molar refractivity (Wildman–Crippen MR) is 62.1 cm³/mol. The van der Waals surface area contributed by atoms with Crippen molar-refractivity contribution in [2.45, 2.75) is 32.9 Å². The van der Waals surface area contributed by atoms with Gasteiger partial charge in [-0.1, -0.05) is 18.2 Å². The number of hydrogen-bond acceptors (Lipinski definition) is 2. The molecule has 0 saturated heterocycles. The van der Waals surface area contributed by atoms with E-state index < -0.39 is 0 Å². The molecule has 0 bridgehead atoms. The summed E-state index contributed by atoms with van der Waals surface area (Å²) in [4.78, 5) is 0. The van der Waals surface area contributed by atoms with Gasteiger partial charge in [-0.05, 0) is 26.8 Å². The zero-order valence-electron chi connectivity index (χ0n) is 8.86. The molecule has 2 N–H and O–H groups in total. The Kier molecular flexibility index (Phi) is 5.58. The quantitative estimate of drug-likeness (QED) is 0.842. The van der Waals surface area contributed by atoms with Crippen LogP contribution < -0.4 is 10.5 Å². The maximum Gasteiger partial charge on any atom is 0.124 e. The molecule has 0 heterocycles. The zero-order valence-corrected chi connectivity index (χ0v) is 9.67. The van der Waals surface area contributed by atoms with Crippen LogP contribution in [0.4, 0.5) is 0 Å². The monoisotopic (exact) mass is 215 g/mol. The first kappa shape index (κ1) is 13.3. The standard InChI is InChI=1S/C11H17NO.ClH/c1-8(2)13-11-7-5-4-6-10(11)9(3)12;/h4-9H,12H2,1-3H3;1H/t9-;/m1./s1. The lowest BCUT2D eigenvalue weighted by Crippen LogP contribution is -2.11. The van der Waals surface area contributed by atoms with Crippen molar-refractivity contribution < 1.29 is 4.74 Å². The predicted octanol–water partition coefficient (Wildman–Crippen LogP) is 2.92. The van der Waals surface area contributed by atoms with Gasteiger partial charge in [-0.3, -0.25) is 0 Å². The van der Waals surface area contributed by atoms with Crippen molar-refractivity contribution in [3.05, 3.63) is 29.8 Å². The summed E-state index contributed by atoms with van der Waals surface area (Å²) in [6.45, 7) is 5.98. The van der Waals surface area contributed by atoms with Gasteiger partial charge in [0.2, 0.25) is 0 Å². The largest absolute Gasteiger partial charge is 0.491 e. The molecule has 14 heavy (non-hydrogen) atoms. The molecule has 1 aromatic carbocycles. The Morgan fingerprint density at radius 2 is 1.71 bits per heavy atom. The van der Waals surface area contributed by atoms with Gasteiger partial charge in [-0.25, -0.2) is 0 Å². The van der Waals surface area contributed by atoms with Crippen LogP contribution >= 0.6 is 12.4 Å². The van der Waals surface area contributed by atoms with Crippen molar-refractivity contribution in [1.29, 1.82) is 0 Å². The third-order valence-electron chi connectivity index (χ3n) is 1.77. The fourth-order valence-electron chi connectivity index (χ4n) is 1.22. The molecular weight excluding hydrogens is 198 g/mol. The van der Waals surface area contributed by atoms with Gasteiger partial charge in [0.15, 0.2) is 0 Å². The van der Waals surface area contributed by atoms with Crippen LogP contribution in [0.25, 0.3) is 0 Å². The van der Waals surface area contributed by atoms with E-state index in [4.69, 9.17) is 10.5 Å². The van der Waals surface area contributed by atoms with Crippen molar-refractivity contribution in [3.8, 4) is 5.75 Å². The number of para-hydroxylation sites is 1. The van der Waals surface area contributed by atoms with E-state index in [1.54, 1.807) is 0 Å². The van der Waals surface area contributed by atoms with Crippen LogP contribution in [0.15, 0.2) is 24.3 Å². The Morgan fingerprint density at radius 1 is 1.14 bits per heavy atom. The third kappa shape index (κ3) is 3.56. The van der Waals surface area contributed by atoms with Gasteiger partial charge < -0.3 is 10.5 Å². The molecule has 0 radical (unpaired) electrons. The summed E-state index contributed by atoms with van der Waals surface area (Å²) in [5.74, 6) is 0.896. The van der Waals surface area contributed by atoms with E-state index in [0.29, 0.717) is 0 Å². The second kappa shape index (κ2) is 5.89. The molecule has 1 atom stereocenters. The average molecular weight is 216 g/mol. The molecule has 0 amide bonds. The van der Waals surface area contributed by atoms with Crippen molar-refractivity contribution in [1.82, 2.24) is 0 Å². The molecule has 0 aliphatic heterocycles. The molecule has 80 valence electrons. The van der Waals surface area contributed by atoms with Crippen LogP contribution in [0.3, 0.4) is 0 Å². The van der Waals surface area contributed by atoms with Gasteiger partial charge in [-0.2, -0.15) is 0 Å². The number of nitrogens with two attached hydrogens (primary N) is 1. The van der Waals surface area contributed by atoms with Crippen molar-refractivity contribution in [2.24, 2.45) is 5.73 Å². The summed E-state index contributed by atoms with van der Waals surface area (Å²) in [7, 11) is 0. The molecule has 1 rings (SSSR count). The molecule has 0 unspecified atom stereocenters. The molecule has 0 aliphatic rings. The normalized spacial score (nSPS) is 12.1. The summed E-state index contributed by atoms with van der Waals surface area (Å²) in [5.41, 5.74) is 6.88. The number of rotatable bonds is 3. The summed E-state index contributed by atoms with van der Waals surface area (Å²) < 4.78 is 5.63. The number of ether oxygens (including phenoxy) is 1. The Morgan fingerprint density at radius 3 is 2.21 bits per heavy atom. The first-order valence-electron chi connectivity index (χ1n) is 4.62. The Bertz CT molecular complexity index is 274. The van der Waals surface area contributed by atoms with E-state index in [1.807, 2.05) is 45.0 Å². The maximum absolute atomic E-state index is 5.81. The molecular formula is C11H18ClNO. The van der Waals surface area contributed by atoms with E-state index in [0.717, 1.165) is 11.3 Å². The van der Waals surface area contributed by atoms with Gasteiger partial charge in [0, 0.05) is 11.6 Å². The molecule has 0 aromatic heterocycles. The lowest BCUT2D eigenvalue weighted by molar-refractivity contribution is 0.239. The van der Waals surface area contributed by atoms with Crippen LogP contribution in [0.5, 0.6) is 5.75 Å². The second-order valence-corrected chi connectivity index (χ2v) is 3.49. The number of hydrogen-bond donors (Lipinski definition) is 1.